The highest BCUT2D eigenvalue weighted by molar-refractivity contribution is 4.80. The van der Waals surface area contributed by atoms with Gasteiger partial charge in [-0.15, -0.1) is 10.2 Å². The maximum absolute atomic E-state index is 5.30. The van der Waals surface area contributed by atoms with Crippen LogP contribution in [0.1, 0.15) is 18.7 Å². The Morgan fingerprint density at radius 1 is 1.38 bits per heavy atom. The van der Waals surface area contributed by atoms with Crippen LogP contribution in [0.5, 0.6) is 0 Å². The van der Waals surface area contributed by atoms with Crippen LogP contribution >= 0.6 is 0 Å². The van der Waals surface area contributed by atoms with Crippen LogP contribution in [-0.4, -0.2) is 30.4 Å². The maximum atomic E-state index is 5.30. The van der Waals surface area contributed by atoms with Gasteiger partial charge in [0.25, 0.3) is 0 Å². The molecule has 1 heterocycles. The number of nitrogens with one attached hydrogen (secondary N) is 1. The summed E-state index contributed by atoms with van der Waals surface area (Å²) in [5.41, 5.74) is 0. The summed E-state index contributed by atoms with van der Waals surface area (Å²) in [5, 5.41) is 10.7. The van der Waals surface area contributed by atoms with Crippen molar-refractivity contribution in [2.45, 2.75) is 20.0 Å². The summed E-state index contributed by atoms with van der Waals surface area (Å²) >= 11 is 0. The Kier molecular flexibility index (Phi) is 4.42. The Morgan fingerprint density at radius 2 is 2.15 bits per heavy atom. The molecule has 0 saturated heterocycles. The molecule has 5 heteroatoms. The highest BCUT2D eigenvalue weighted by Crippen LogP contribution is 2.01. The first-order valence-electron chi connectivity index (χ1n) is 4.40. The fourth-order valence-electron chi connectivity index (χ4n) is 0.869. The lowest BCUT2D eigenvalue weighted by molar-refractivity contribution is 0.113. The SMILES string of the molecule is CCOCc1nnc(CCNC)o1. The van der Waals surface area contributed by atoms with Crippen molar-refractivity contribution in [3.05, 3.63) is 11.8 Å². The third-order valence-electron chi connectivity index (χ3n) is 1.53. The van der Waals surface area contributed by atoms with Gasteiger partial charge in [0, 0.05) is 19.6 Å². The Balaban J connectivity index is 2.34. The summed E-state index contributed by atoms with van der Waals surface area (Å²) in [6.45, 7) is 3.84. The van der Waals surface area contributed by atoms with Crippen molar-refractivity contribution in [2.75, 3.05) is 20.2 Å². The van der Waals surface area contributed by atoms with Crippen LogP contribution in [-0.2, 0) is 17.8 Å². The lowest BCUT2D eigenvalue weighted by Crippen LogP contribution is -2.10. The second-order valence-electron chi connectivity index (χ2n) is 2.58. The molecule has 1 aromatic rings. The molecule has 0 atom stereocenters. The van der Waals surface area contributed by atoms with E-state index in [-0.39, 0.29) is 0 Å². The highest BCUT2D eigenvalue weighted by Gasteiger charge is 2.04. The number of hydrogen-bond donors (Lipinski definition) is 1. The molecule has 0 bridgehead atoms. The van der Waals surface area contributed by atoms with Crippen molar-refractivity contribution >= 4 is 0 Å². The summed E-state index contributed by atoms with van der Waals surface area (Å²) in [5.74, 6) is 1.21. The minimum absolute atomic E-state index is 0.406. The molecule has 0 aliphatic heterocycles. The van der Waals surface area contributed by atoms with Gasteiger partial charge in [0.2, 0.25) is 11.8 Å². The molecule has 1 N–H and O–H groups in total. The molecule has 0 aliphatic rings. The van der Waals surface area contributed by atoms with Gasteiger partial charge in [-0.1, -0.05) is 0 Å². The van der Waals surface area contributed by atoms with E-state index in [4.69, 9.17) is 9.15 Å². The summed E-state index contributed by atoms with van der Waals surface area (Å²) in [6.07, 6.45) is 0.760. The Morgan fingerprint density at radius 3 is 2.85 bits per heavy atom. The van der Waals surface area contributed by atoms with E-state index in [2.05, 4.69) is 15.5 Å². The van der Waals surface area contributed by atoms with Crippen LogP contribution in [0, 0.1) is 0 Å². The number of hydrogen-bond acceptors (Lipinski definition) is 5. The number of likely N-dealkylation sites (N-methyl/N-ethyl adjacent to an activating group) is 1. The van der Waals surface area contributed by atoms with Crippen molar-refractivity contribution in [1.82, 2.24) is 15.5 Å². The molecule has 0 aliphatic carbocycles. The first-order valence-corrected chi connectivity index (χ1v) is 4.40. The largest absolute Gasteiger partial charge is 0.423 e. The zero-order valence-electron chi connectivity index (χ0n) is 8.04. The Hall–Kier alpha value is -0.940. The van der Waals surface area contributed by atoms with Crippen molar-refractivity contribution in [3.8, 4) is 0 Å². The molecular weight excluding hydrogens is 170 g/mol. The van der Waals surface area contributed by atoms with Crippen molar-refractivity contribution in [3.63, 3.8) is 0 Å². The van der Waals surface area contributed by atoms with Gasteiger partial charge in [0.1, 0.15) is 6.61 Å². The number of nitrogens with zero attached hydrogens (tertiary/aromatic N) is 2. The molecule has 1 rings (SSSR count). The van der Waals surface area contributed by atoms with Crippen LogP contribution in [0.4, 0.5) is 0 Å². The maximum Gasteiger partial charge on any atom is 0.242 e. The molecule has 5 nitrogen and oxygen atoms in total. The predicted octanol–water partition coefficient (Wildman–Crippen LogP) is 0.368. The van der Waals surface area contributed by atoms with Crippen LogP contribution < -0.4 is 5.32 Å². The van der Waals surface area contributed by atoms with Gasteiger partial charge >= 0.3 is 0 Å². The van der Waals surface area contributed by atoms with E-state index in [1.54, 1.807) is 0 Å². The fourth-order valence-corrected chi connectivity index (χ4v) is 0.869. The van der Waals surface area contributed by atoms with Crippen LogP contribution in [0.15, 0.2) is 4.42 Å². The molecule has 74 valence electrons. The average molecular weight is 185 g/mol. The van der Waals surface area contributed by atoms with E-state index >= 15 is 0 Å². The number of rotatable bonds is 6. The van der Waals surface area contributed by atoms with E-state index in [1.807, 2.05) is 14.0 Å². The smallest absolute Gasteiger partial charge is 0.242 e. The fraction of sp³-hybridized carbons (Fsp3) is 0.750. The molecule has 0 saturated carbocycles. The average Bonchev–Trinajstić information content (AvgIpc) is 2.59. The molecule has 0 spiro atoms. The summed E-state index contributed by atoms with van der Waals surface area (Å²) in [7, 11) is 1.89. The minimum atomic E-state index is 0.406. The molecule has 13 heavy (non-hydrogen) atoms. The van der Waals surface area contributed by atoms with Gasteiger partial charge < -0.3 is 14.5 Å². The topological polar surface area (TPSA) is 60.2 Å². The minimum Gasteiger partial charge on any atom is -0.423 e. The molecule has 0 amide bonds. The van der Waals surface area contributed by atoms with E-state index < -0.39 is 0 Å². The second kappa shape index (κ2) is 5.66. The second-order valence-corrected chi connectivity index (χ2v) is 2.58. The first-order chi connectivity index (χ1) is 6.36. The quantitative estimate of drug-likeness (QED) is 0.693. The monoisotopic (exact) mass is 185 g/mol. The number of ether oxygens (including phenoxy) is 1. The predicted molar refractivity (Wildman–Crippen MR) is 47.3 cm³/mol. The van der Waals surface area contributed by atoms with Gasteiger partial charge in [-0.2, -0.15) is 0 Å². The lowest BCUT2D eigenvalue weighted by Gasteiger charge is -1.94. The number of aromatic nitrogens is 2. The van der Waals surface area contributed by atoms with E-state index in [1.165, 1.54) is 0 Å². The Bertz CT molecular complexity index is 215. The van der Waals surface area contributed by atoms with Crippen molar-refractivity contribution in [2.24, 2.45) is 0 Å². The third-order valence-corrected chi connectivity index (χ3v) is 1.53. The zero-order chi connectivity index (χ0) is 9.52. The molecule has 0 unspecified atom stereocenters. The standard InChI is InChI=1S/C8H15N3O2/c1-3-12-6-8-11-10-7(13-8)4-5-9-2/h9H,3-6H2,1-2H3. The lowest BCUT2D eigenvalue weighted by atomic mass is 10.4. The van der Waals surface area contributed by atoms with E-state index in [0.29, 0.717) is 25.0 Å². The van der Waals surface area contributed by atoms with Crippen LogP contribution in [0.2, 0.25) is 0 Å². The van der Waals surface area contributed by atoms with Gasteiger partial charge in [0.15, 0.2) is 0 Å². The van der Waals surface area contributed by atoms with Crippen LogP contribution in [0.25, 0.3) is 0 Å². The first kappa shape index (κ1) is 10.1. The van der Waals surface area contributed by atoms with Gasteiger partial charge in [0.05, 0.1) is 0 Å². The summed E-state index contributed by atoms with van der Waals surface area (Å²) in [4.78, 5) is 0. The van der Waals surface area contributed by atoms with Gasteiger partial charge in [-0.25, -0.2) is 0 Å². The molecule has 0 radical (unpaired) electrons. The molecule has 0 fully saturated rings. The normalized spacial score (nSPS) is 10.6. The molecule has 1 aromatic heterocycles. The Labute approximate surface area is 77.5 Å². The third kappa shape index (κ3) is 3.52. The highest BCUT2D eigenvalue weighted by atomic mass is 16.5. The summed E-state index contributed by atoms with van der Waals surface area (Å²) in [6, 6.07) is 0. The zero-order valence-corrected chi connectivity index (χ0v) is 8.04. The van der Waals surface area contributed by atoms with Gasteiger partial charge in [-0.3, -0.25) is 0 Å². The van der Waals surface area contributed by atoms with E-state index in [9.17, 15) is 0 Å². The molecule has 0 aromatic carbocycles. The van der Waals surface area contributed by atoms with Gasteiger partial charge in [-0.05, 0) is 14.0 Å². The van der Waals surface area contributed by atoms with Crippen molar-refractivity contribution in [1.29, 1.82) is 0 Å². The molecular formula is C8H15N3O2. The van der Waals surface area contributed by atoms with Crippen LogP contribution in [0.3, 0.4) is 0 Å². The van der Waals surface area contributed by atoms with E-state index in [0.717, 1.165) is 13.0 Å². The van der Waals surface area contributed by atoms with Crippen molar-refractivity contribution < 1.29 is 9.15 Å². The summed E-state index contributed by atoms with van der Waals surface area (Å²) < 4.78 is 10.4.